The summed E-state index contributed by atoms with van der Waals surface area (Å²) >= 11 is 0. The Bertz CT molecular complexity index is 1570. The van der Waals surface area contributed by atoms with Gasteiger partial charge in [-0.1, -0.05) is 0 Å². The van der Waals surface area contributed by atoms with Gasteiger partial charge in [0.25, 0.3) is 5.91 Å². The quantitative estimate of drug-likeness (QED) is 0.413. The third-order valence-electron chi connectivity index (χ3n) is 5.72. The number of nitrogen functional groups attached to an aromatic ring is 1. The van der Waals surface area contributed by atoms with Crippen LogP contribution in [-0.2, 0) is 17.9 Å². The van der Waals surface area contributed by atoms with Gasteiger partial charge in [-0.05, 0) is 48.5 Å². The molecule has 4 aromatic heterocycles. The monoisotopic (exact) mass is 470 g/mol. The van der Waals surface area contributed by atoms with Gasteiger partial charge in [-0.25, -0.2) is 18.9 Å². The van der Waals surface area contributed by atoms with E-state index >= 15 is 0 Å². The predicted molar refractivity (Wildman–Crippen MR) is 126 cm³/mol. The molecule has 0 fully saturated rings. The Kier molecular flexibility index (Phi) is 4.96. The number of hydrogen-bond acceptors (Lipinski definition) is 7. The van der Waals surface area contributed by atoms with Crippen LogP contribution in [0, 0.1) is 5.82 Å². The fourth-order valence-electron chi connectivity index (χ4n) is 4.08. The summed E-state index contributed by atoms with van der Waals surface area (Å²) in [6, 6.07) is 12.9. The van der Waals surface area contributed by atoms with E-state index in [9.17, 15) is 9.18 Å². The number of amides is 1. The zero-order valence-corrected chi connectivity index (χ0v) is 18.3. The molecule has 174 valence electrons. The first-order chi connectivity index (χ1) is 17.0. The summed E-state index contributed by atoms with van der Waals surface area (Å²) in [5.74, 6) is -0.0765. The second-order valence-corrected chi connectivity index (χ2v) is 8.02. The Morgan fingerprint density at radius 3 is 2.80 bits per heavy atom. The highest BCUT2D eigenvalue weighted by Gasteiger charge is 2.24. The molecular formula is C24H19FN8O2. The average molecular weight is 470 g/mol. The lowest BCUT2D eigenvalue weighted by Gasteiger charge is -2.15. The van der Waals surface area contributed by atoms with E-state index in [1.165, 1.54) is 24.4 Å². The van der Waals surface area contributed by atoms with Gasteiger partial charge in [0.1, 0.15) is 17.3 Å². The molecule has 3 N–H and O–H groups in total. The standard InChI is InChI=1S/C24H19FN8O2/c25-16-3-1-14(2-4-16)23-22(18-13-35-10-9-32(18)31-23)17-5-6-21-28-20(12-33(21)30-17)29-24(34)15-7-8-27-19(26)11-15/h1-8,11-12H,9-10,13H2,(H2,26,27)(H,29,34). The van der Waals surface area contributed by atoms with Gasteiger partial charge in [-0.2, -0.15) is 10.2 Å². The molecule has 5 heterocycles. The number of rotatable bonds is 4. The minimum atomic E-state index is -0.357. The number of benzene rings is 1. The van der Waals surface area contributed by atoms with E-state index in [0.29, 0.717) is 48.2 Å². The lowest BCUT2D eigenvalue weighted by atomic mass is 10.0. The van der Waals surface area contributed by atoms with Crippen molar-refractivity contribution in [3.05, 3.63) is 78.0 Å². The van der Waals surface area contributed by atoms with Crippen molar-refractivity contribution in [1.29, 1.82) is 0 Å². The lowest BCUT2D eigenvalue weighted by Crippen LogP contribution is -2.17. The molecule has 1 aliphatic rings. The molecule has 0 spiro atoms. The zero-order chi connectivity index (χ0) is 23.9. The van der Waals surface area contributed by atoms with Gasteiger partial charge in [0, 0.05) is 17.3 Å². The molecule has 1 aliphatic heterocycles. The first-order valence-corrected chi connectivity index (χ1v) is 10.9. The van der Waals surface area contributed by atoms with Crippen LogP contribution in [0.2, 0.25) is 0 Å². The summed E-state index contributed by atoms with van der Waals surface area (Å²) in [6.45, 7) is 1.58. The van der Waals surface area contributed by atoms with E-state index < -0.39 is 0 Å². The van der Waals surface area contributed by atoms with Crippen molar-refractivity contribution in [2.45, 2.75) is 13.2 Å². The van der Waals surface area contributed by atoms with Gasteiger partial charge in [-0.15, -0.1) is 0 Å². The van der Waals surface area contributed by atoms with Gasteiger partial charge < -0.3 is 15.8 Å². The zero-order valence-electron chi connectivity index (χ0n) is 18.3. The molecule has 0 atom stereocenters. The Morgan fingerprint density at radius 1 is 1.11 bits per heavy atom. The number of imidazole rings is 1. The van der Waals surface area contributed by atoms with Crippen LogP contribution in [0.1, 0.15) is 16.1 Å². The van der Waals surface area contributed by atoms with E-state index in [2.05, 4.69) is 15.3 Å². The summed E-state index contributed by atoms with van der Waals surface area (Å²) < 4.78 is 22.7. The maximum absolute atomic E-state index is 13.5. The number of nitrogens with zero attached hydrogens (tertiary/aromatic N) is 6. The molecule has 5 aromatic rings. The second kappa shape index (κ2) is 8.29. The SMILES string of the molecule is Nc1cc(C(=O)Nc2cn3nc(-c4c(-c5ccc(F)cc5)nn5c4COCC5)ccc3n2)ccn1. The summed E-state index contributed by atoms with van der Waals surface area (Å²) in [4.78, 5) is 20.9. The van der Waals surface area contributed by atoms with Crippen molar-refractivity contribution in [3.63, 3.8) is 0 Å². The molecule has 11 heteroatoms. The van der Waals surface area contributed by atoms with Gasteiger partial charge in [0.2, 0.25) is 0 Å². The van der Waals surface area contributed by atoms with Gasteiger partial charge in [0.05, 0.1) is 42.9 Å². The molecular weight excluding hydrogens is 451 g/mol. The van der Waals surface area contributed by atoms with E-state index in [-0.39, 0.29) is 17.5 Å². The van der Waals surface area contributed by atoms with Crippen LogP contribution in [0.3, 0.4) is 0 Å². The number of carbonyl (C=O) groups excluding carboxylic acids is 1. The number of pyridine rings is 1. The second-order valence-electron chi connectivity index (χ2n) is 8.02. The predicted octanol–water partition coefficient (Wildman–Crippen LogP) is 3.16. The van der Waals surface area contributed by atoms with Gasteiger partial charge in [0.15, 0.2) is 11.5 Å². The molecule has 0 radical (unpaired) electrons. The highest BCUT2D eigenvalue weighted by molar-refractivity contribution is 6.04. The first kappa shape index (κ1) is 20.9. The van der Waals surface area contributed by atoms with E-state index in [1.54, 1.807) is 28.9 Å². The maximum atomic E-state index is 13.5. The molecule has 0 bridgehead atoms. The largest absolute Gasteiger partial charge is 0.384 e. The fourth-order valence-corrected chi connectivity index (χ4v) is 4.08. The van der Waals surface area contributed by atoms with Crippen LogP contribution in [0.15, 0.2) is 60.9 Å². The van der Waals surface area contributed by atoms with Crippen molar-refractivity contribution in [2.24, 2.45) is 0 Å². The molecule has 0 saturated heterocycles. The number of aromatic nitrogens is 6. The fraction of sp³-hybridized carbons (Fsp3) is 0.125. The minimum Gasteiger partial charge on any atom is -0.384 e. The van der Waals surface area contributed by atoms with E-state index in [0.717, 1.165) is 16.8 Å². The van der Waals surface area contributed by atoms with Crippen molar-refractivity contribution >= 4 is 23.2 Å². The number of nitrogens with two attached hydrogens (primary N) is 1. The number of ether oxygens (including phenoxy) is 1. The number of anilines is 2. The van der Waals surface area contributed by atoms with Crippen LogP contribution < -0.4 is 11.1 Å². The van der Waals surface area contributed by atoms with Crippen LogP contribution in [0.25, 0.3) is 28.2 Å². The highest BCUT2D eigenvalue weighted by atomic mass is 19.1. The molecule has 0 aliphatic carbocycles. The lowest BCUT2D eigenvalue weighted by molar-refractivity contribution is 0.0804. The topological polar surface area (TPSA) is 125 Å². The van der Waals surface area contributed by atoms with Crippen LogP contribution in [0.4, 0.5) is 16.0 Å². The maximum Gasteiger partial charge on any atom is 0.257 e. The number of halogens is 1. The van der Waals surface area contributed by atoms with Crippen molar-refractivity contribution < 1.29 is 13.9 Å². The van der Waals surface area contributed by atoms with Crippen LogP contribution in [-0.4, -0.2) is 41.9 Å². The number of nitrogens with one attached hydrogen (secondary N) is 1. The first-order valence-electron chi connectivity index (χ1n) is 10.9. The van der Waals surface area contributed by atoms with Crippen LogP contribution >= 0.6 is 0 Å². The van der Waals surface area contributed by atoms with Gasteiger partial charge >= 0.3 is 0 Å². The summed E-state index contributed by atoms with van der Waals surface area (Å²) in [5, 5.41) is 12.3. The highest BCUT2D eigenvalue weighted by Crippen LogP contribution is 2.35. The van der Waals surface area contributed by atoms with Crippen molar-refractivity contribution in [2.75, 3.05) is 17.7 Å². The summed E-state index contributed by atoms with van der Waals surface area (Å²) in [6.07, 6.45) is 3.10. The van der Waals surface area contributed by atoms with Crippen molar-refractivity contribution in [1.82, 2.24) is 29.4 Å². The molecule has 35 heavy (non-hydrogen) atoms. The normalized spacial score (nSPS) is 13.1. The van der Waals surface area contributed by atoms with Gasteiger partial charge in [-0.3, -0.25) is 9.48 Å². The number of fused-ring (bicyclic) bond motifs is 2. The Balaban J connectivity index is 1.39. The molecule has 1 amide bonds. The molecule has 1 aromatic carbocycles. The van der Waals surface area contributed by atoms with E-state index in [1.807, 2.05) is 16.8 Å². The Labute approximate surface area is 198 Å². The average Bonchev–Trinajstić information content (AvgIpc) is 3.44. The number of hydrogen-bond donors (Lipinski definition) is 2. The van der Waals surface area contributed by atoms with E-state index in [4.69, 9.17) is 20.7 Å². The number of carbonyl (C=O) groups is 1. The summed E-state index contributed by atoms with van der Waals surface area (Å²) in [5.41, 5.74) is 10.4. The summed E-state index contributed by atoms with van der Waals surface area (Å²) in [7, 11) is 0. The Morgan fingerprint density at radius 2 is 1.97 bits per heavy atom. The van der Waals surface area contributed by atoms with Crippen molar-refractivity contribution in [3.8, 4) is 22.5 Å². The third-order valence-corrected chi connectivity index (χ3v) is 5.72. The Hall–Kier alpha value is -4.64. The van der Waals surface area contributed by atoms with Crippen LogP contribution in [0.5, 0.6) is 0 Å². The third kappa shape index (κ3) is 3.87. The smallest absolute Gasteiger partial charge is 0.257 e. The minimum absolute atomic E-state index is 0.254. The molecule has 10 nitrogen and oxygen atoms in total. The molecule has 0 unspecified atom stereocenters. The molecule has 0 saturated carbocycles. The molecule has 6 rings (SSSR count).